The van der Waals surface area contributed by atoms with E-state index in [1.807, 2.05) is 0 Å². The van der Waals surface area contributed by atoms with Gasteiger partial charge in [0.25, 0.3) is 0 Å². The number of sulfone groups is 1. The molecule has 1 aromatic heterocycles. The highest BCUT2D eigenvalue weighted by Gasteiger charge is 2.39. The second kappa shape index (κ2) is 5.61. The first-order valence-electron chi connectivity index (χ1n) is 6.15. The molecule has 0 aromatic carbocycles. The monoisotopic (exact) mass is 283 g/mol. The fraction of sp³-hybridized carbons (Fsp3) is 0.462. The van der Waals surface area contributed by atoms with E-state index in [2.05, 4.69) is 6.58 Å². The number of rotatable bonds is 6. The van der Waals surface area contributed by atoms with E-state index in [0.717, 1.165) is 0 Å². The predicted molar refractivity (Wildman–Crippen MR) is 71.1 cm³/mol. The molecule has 0 atom stereocenters. The molecule has 2 heterocycles. The first-order chi connectivity index (χ1) is 9.03. The lowest BCUT2D eigenvalue weighted by molar-refractivity contribution is -0.134. The summed E-state index contributed by atoms with van der Waals surface area (Å²) in [5, 5.41) is -0.467. The Morgan fingerprint density at radius 2 is 2.26 bits per heavy atom. The summed E-state index contributed by atoms with van der Waals surface area (Å²) in [6.45, 7) is 4.14. The average Bonchev–Trinajstić information content (AvgIpc) is 2.75. The Labute approximate surface area is 112 Å². The van der Waals surface area contributed by atoms with Gasteiger partial charge in [0.2, 0.25) is 5.91 Å². The molecule has 0 saturated carbocycles. The number of allylic oxidation sites excluding steroid dienone is 1. The van der Waals surface area contributed by atoms with Crippen LogP contribution in [0.4, 0.5) is 0 Å². The summed E-state index contributed by atoms with van der Waals surface area (Å²) in [4.78, 5) is 13.2. The molecule has 0 aliphatic carbocycles. The number of furan rings is 1. The first kappa shape index (κ1) is 13.9. The summed E-state index contributed by atoms with van der Waals surface area (Å²) < 4.78 is 29.1. The number of amides is 1. The maximum Gasteiger partial charge on any atom is 0.222 e. The van der Waals surface area contributed by atoms with Gasteiger partial charge in [0.1, 0.15) is 11.5 Å². The van der Waals surface area contributed by atoms with Gasteiger partial charge in [0.05, 0.1) is 11.5 Å². The highest BCUT2D eigenvalue weighted by Crippen LogP contribution is 2.21. The minimum atomic E-state index is -3.24. The highest BCUT2D eigenvalue weighted by atomic mass is 32.2. The van der Waals surface area contributed by atoms with Gasteiger partial charge in [-0.3, -0.25) is 4.79 Å². The van der Waals surface area contributed by atoms with Gasteiger partial charge in [-0.2, -0.15) is 0 Å². The minimum absolute atomic E-state index is 0.00986. The third kappa shape index (κ3) is 3.26. The summed E-state index contributed by atoms with van der Waals surface area (Å²) in [7, 11) is -3.24. The van der Waals surface area contributed by atoms with Crippen LogP contribution in [0, 0.1) is 0 Å². The van der Waals surface area contributed by atoms with Gasteiger partial charge in [0, 0.05) is 19.5 Å². The molecule has 1 aromatic rings. The molecule has 1 saturated heterocycles. The van der Waals surface area contributed by atoms with Crippen LogP contribution in [0.3, 0.4) is 0 Å². The summed E-state index contributed by atoms with van der Waals surface area (Å²) >= 11 is 0. The molecule has 19 heavy (non-hydrogen) atoms. The molecule has 1 aliphatic rings. The second-order valence-electron chi connectivity index (χ2n) is 4.63. The van der Waals surface area contributed by atoms with Crippen molar-refractivity contribution in [1.29, 1.82) is 0 Å². The Bertz CT molecular complexity index is 541. The second-order valence-corrected chi connectivity index (χ2v) is 6.92. The van der Waals surface area contributed by atoms with Crippen LogP contribution >= 0.6 is 0 Å². The van der Waals surface area contributed by atoms with Crippen LogP contribution in [0.15, 0.2) is 35.5 Å². The quantitative estimate of drug-likeness (QED) is 0.740. The maximum atomic E-state index is 12.0. The van der Waals surface area contributed by atoms with Crippen LogP contribution in [0.1, 0.15) is 18.6 Å². The van der Waals surface area contributed by atoms with Crippen LogP contribution < -0.4 is 0 Å². The van der Waals surface area contributed by atoms with Crippen molar-refractivity contribution in [2.24, 2.45) is 0 Å². The Hall–Kier alpha value is -1.56. The summed E-state index contributed by atoms with van der Waals surface area (Å²) in [5.41, 5.74) is 0. The Kier molecular flexibility index (Phi) is 4.09. The summed E-state index contributed by atoms with van der Waals surface area (Å²) in [6.07, 6.45) is 4.16. The number of carbonyl (C=O) groups excluding carboxylic acids is 1. The van der Waals surface area contributed by atoms with Crippen molar-refractivity contribution < 1.29 is 17.6 Å². The molecular formula is C13H17NO4S. The van der Waals surface area contributed by atoms with E-state index >= 15 is 0 Å². The van der Waals surface area contributed by atoms with Crippen molar-refractivity contribution in [3.8, 4) is 0 Å². The minimum Gasteiger partial charge on any atom is -0.468 e. The largest absolute Gasteiger partial charge is 0.468 e. The first-order valence-corrected chi connectivity index (χ1v) is 7.87. The zero-order chi connectivity index (χ0) is 13.9. The van der Waals surface area contributed by atoms with E-state index in [9.17, 15) is 13.2 Å². The standard InChI is InChI=1S/C13H17NO4S/c1-2-3-6-13(15)14-8-12(9-14)19(16,17)10-11-5-4-7-18-11/h2,4-5,7,12H,1,3,6,8-10H2. The van der Waals surface area contributed by atoms with Gasteiger partial charge in [-0.1, -0.05) is 6.08 Å². The van der Waals surface area contributed by atoms with Gasteiger partial charge >= 0.3 is 0 Å². The molecule has 0 radical (unpaired) electrons. The van der Waals surface area contributed by atoms with Crippen LogP contribution in [0.2, 0.25) is 0 Å². The van der Waals surface area contributed by atoms with Crippen molar-refractivity contribution in [1.82, 2.24) is 4.90 Å². The van der Waals surface area contributed by atoms with Crippen molar-refractivity contribution >= 4 is 15.7 Å². The number of carbonyl (C=O) groups is 1. The van der Waals surface area contributed by atoms with Gasteiger partial charge in [0.15, 0.2) is 9.84 Å². The van der Waals surface area contributed by atoms with Gasteiger partial charge in [-0.25, -0.2) is 8.42 Å². The predicted octanol–water partition coefficient (Wildman–Crippen LogP) is 1.37. The van der Waals surface area contributed by atoms with Gasteiger partial charge < -0.3 is 9.32 Å². The topological polar surface area (TPSA) is 67.6 Å². The zero-order valence-corrected chi connectivity index (χ0v) is 11.4. The van der Waals surface area contributed by atoms with Gasteiger partial charge in [-0.15, -0.1) is 6.58 Å². The van der Waals surface area contributed by atoms with Crippen molar-refractivity contribution in [2.75, 3.05) is 13.1 Å². The lowest BCUT2D eigenvalue weighted by atomic mass is 10.2. The Morgan fingerprint density at radius 1 is 1.53 bits per heavy atom. The number of nitrogens with zero attached hydrogens (tertiary/aromatic N) is 1. The van der Waals surface area contributed by atoms with Crippen molar-refractivity contribution in [3.63, 3.8) is 0 Å². The Morgan fingerprint density at radius 3 is 2.84 bits per heavy atom. The molecule has 1 amide bonds. The number of hydrogen-bond donors (Lipinski definition) is 0. The summed E-state index contributed by atoms with van der Waals surface area (Å²) in [6, 6.07) is 3.31. The SMILES string of the molecule is C=CCCC(=O)N1CC(S(=O)(=O)Cc2ccco2)C1. The van der Waals surface area contributed by atoms with Crippen LogP contribution in [-0.4, -0.2) is 37.6 Å². The van der Waals surface area contributed by atoms with Crippen LogP contribution in [0.25, 0.3) is 0 Å². The third-order valence-corrected chi connectivity index (χ3v) is 5.20. The van der Waals surface area contributed by atoms with Crippen molar-refractivity contribution in [2.45, 2.75) is 23.8 Å². The van der Waals surface area contributed by atoms with Crippen LogP contribution in [-0.2, 0) is 20.4 Å². The molecule has 1 fully saturated rings. The molecule has 1 aliphatic heterocycles. The molecule has 0 unspecified atom stereocenters. The average molecular weight is 283 g/mol. The van der Waals surface area contributed by atoms with Crippen molar-refractivity contribution in [3.05, 3.63) is 36.8 Å². The lowest BCUT2D eigenvalue weighted by Crippen LogP contribution is -2.57. The van der Waals surface area contributed by atoms with E-state index in [0.29, 0.717) is 31.7 Å². The smallest absolute Gasteiger partial charge is 0.222 e. The molecular weight excluding hydrogens is 266 g/mol. The van der Waals surface area contributed by atoms with E-state index < -0.39 is 15.1 Å². The van der Waals surface area contributed by atoms with E-state index in [1.54, 1.807) is 23.1 Å². The lowest BCUT2D eigenvalue weighted by Gasteiger charge is -2.38. The van der Waals surface area contributed by atoms with Crippen LogP contribution in [0.5, 0.6) is 0 Å². The zero-order valence-electron chi connectivity index (χ0n) is 10.6. The fourth-order valence-corrected chi connectivity index (χ4v) is 3.57. The van der Waals surface area contributed by atoms with E-state index in [-0.39, 0.29) is 11.7 Å². The molecule has 0 bridgehead atoms. The number of likely N-dealkylation sites (tertiary alicyclic amines) is 1. The third-order valence-electron chi connectivity index (χ3n) is 3.19. The molecule has 0 spiro atoms. The molecule has 2 rings (SSSR count). The van der Waals surface area contributed by atoms with E-state index in [4.69, 9.17) is 4.42 Å². The summed E-state index contributed by atoms with van der Waals surface area (Å²) in [5.74, 6) is 0.333. The highest BCUT2D eigenvalue weighted by molar-refractivity contribution is 7.91. The molecule has 6 heteroatoms. The molecule has 104 valence electrons. The number of hydrogen-bond acceptors (Lipinski definition) is 4. The Balaban J connectivity index is 1.85. The van der Waals surface area contributed by atoms with E-state index in [1.165, 1.54) is 6.26 Å². The van der Waals surface area contributed by atoms with Gasteiger partial charge in [-0.05, 0) is 18.6 Å². The fourth-order valence-electron chi connectivity index (χ4n) is 1.96. The maximum absolute atomic E-state index is 12.0. The molecule has 0 N–H and O–H groups in total. The normalized spacial score (nSPS) is 16.1. The molecule has 5 nitrogen and oxygen atoms in total.